The number of nitrogens with one attached hydrogen (secondary N) is 2. The van der Waals surface area contributed by atoms with E-state index in [1.165, 1.54) is 0 Å². The number of methoxy groups -OCH3 is 1. The first-order chi connectivity index (χ1) is 15.5. The number of hydrogen-bond acceptors (Lipinski definition) is 5. The maximum Gasteiger partial charge on any atom is 0.256 e. The second kappa shape index (κ2) is 9.66. The minimum absolute atomic E-state index is 0.129. The van der Waals surface area contributed by atoms with Crippen molar-refractivity contribution in [3.05, 3.63) is 106 Å². The smallest absolute Gasteiger partial charge is 0.256 e. The summed E-state index contributed by atoms with van der Waals surface area (Å²) in [6.07, 6.45) is 1.79. The monoisotopic (exact) mass is 443 g/mol. The van der Waals surface area contributed by atoms with Crippen LogP contribution >= 0.6 is 11.3 Å². The zero-order chi connectivity index (χ0) is 22.5. The molecule has 1 atom stereocenters. The second-order valence-electron chi connectivity index (χ2n) is 7.53. The Morgan fingerprint density at radius 1 is 1.00 bits per heavy atom. The van der Waals surface area contributed by atoms with Crippen molar-refractivity contribution in [2.45, 2.75) is 19.9 Å². The van der Waals surface area contributed by atoms with Crippen molar-refractivity contribution in [3.8, 4) is 5.75 Å². The van der Waals surface area contributed by atoms with Crippen molar-refractivity contribution in [3.63, 3.8) is 0 Å². The first-order valence-electron chi connectivity index (χ1n) is 10.3. The number of anilines is 2. The van der Waals surface area contributed by atoms with Crippen molar-refractivity contribution in [2.24, 2.45) is 0 Å². The summed E-state index contributed by atoms with van der Waals surface area (Å²) in [6, 6.07) is 23.1. The minimum Gasteiger partial charge on any atom is -0.497 e. The lowest BCUT2D eigenvalue weighted by Gasteiger charge is -2.21. The third kappa shape index (κ3) is 4.98. The van der Waals surface area contributed by atoms with Crippen molar-refractivity contribution in [1.29, 1.82) is 0 Å². The number of nitrogens with zero attached hydrogens (tertiary/aromatic N) is 1. The van der Waals surface area contributed by atoms with Gasteiger partial charge < -0.3 is 15.4 Å². The molecule has 0 aliphatic heterocycles. The first kappa shape index (κ1) is 21.6. The number of aromatic nitrogens is 1. The summed E-state index contributed by atoms with van der Waals surface area (Å²) in [4.78, 5) is 18.5. The highest BCUT2D eigenvalue weighted by Crippen LogP contribution is 2.38. The third-order valence-corrected chi connectivity index (χ3v) is 6.10. The van der Waals surface area contributed by atoms with Crippen LogP contribution in [0.5, 0.6) is 5.75 Å². The average Bonchev–Trinajstić information content (AvgIpc) is 3.17. The van der Waals surface area contributed by atoms with Gasteiger partial charge in [0.2, 0.25) is 0 Å². The fraction of sp³-hybridized carbons (Fsp3) is 0.154. The summed E-state index contributed by atoms with van der Waals surface area (Å²) >= 11 is 1.56. The van der Waals surface area contributed by atoms with Crippen molar-refractivity contribution in [1.82, 2.24) is 4.98 Å². The predicted octanol–water partition coefficient (Wildman–Crippen LogP) is 6.22. The lowest BCUT2D eigenvalue weighted by atomic mass is 9.99. The van der Waals surface area contributed by atoms with Gasteiger partial charge in [-0.1, -0.05) is 30.3 Å². The van der Waals surface area contributed by atoms with Crippen LogP contribution in [-0.2, 0) is 0 Å². The summed E-state index contributed by atoms with van der Waals surface area (Å²) < 4.78 is 5.33. The van der Waals surface area contributed by atoms with Crippen molar-refractivity contribution < 1.29 is 9.53 Å². The highest BCUT2D eigenvalue weighted by atomic mass is 32.1. The molecule has 2 heterocycles. The summed E-state index contributed by atoms with van der Waals surface area (Å²) in [6.45, 7) is 4.08. The highest BCUT2D eigenvalue weighted by Gasteiger charge is 2.22. The van der Waals surface area contributed by atoms with Gasteiger partial charge in [0.25, 0.3) is 5.91 Å². The highest BCUT2D eigenvalue weighted by molar-refractivity contribution is 7.16. The lowest BCUT2D eigenvalue weighted by Crippen LogP contribution is -2.17. The van der Waals surface area contributed by atoms with Crippen LogP contribution in [0, 0.1) is 13.8 Å². The molecule has 2 aromatic carbocycles. The fourth-order valence-corrected chi connectivity index (χ4v) is 4.46. The van der Waals surface area contributed by atoms with Crippen molar-refractivity contribution in [2.75, 3.05) is 17.7 Å². The Balaban J connectivity index is 1.72. The normalized spacial score (nSPS) is 11.6. The number of ether oxygens (including phenoxy) is 1. The quantitative estimate of drug-likeness (QED) is 0.356. The number of hydrogen-bond donors (Lipinski definition) is 2. The minimum atomic E-state index is -0.203. The van der Waals surface area contributed by atoms with E-state index in [1.54, 1.807) is 24.6 Å². The molecular formula is C26H25N3O2S. The molecule has 0 radical (unpaired) electrons. The number of aryl methyl sites for hydroxylation is 2. The Labute approximate surface area is 192 Å². The molecule has 0 saturated heterocycles. The number of carbonyl (C=O) groups is 1. The van der Waals surface area contributed by atoms with Gasteiger partial charge in [-0.3, -0.25) is 4.79 Å². The van der Waals surface area contributed by atoms with Gasteiger partial charge >= 0.3 is 0 Å². The van der Waals surface area contributed by atoms with E-state index in [2.05, 4.69) is 21.7 Å². The maximum atomic E-state index is 12.9. The van der Waals surface area contributed by atoms with E-state index in [9.17, 15) is 4.79 Å². The van der Waals surface area contributed by atoms with E-state index in [4.69, 9.17) is 4.74 Å². The SMILES string of the molecule is COc1ccc(C(Nc2cc(C)ccn2)c2cc(C)sc2NC(=O)c2ccccc2)cc1. The van der Waals surface area contributed by atoms with Crippen LogP contribution in [0.3, 0.4) is 0 Å². The van der Waals surface area contributed by atoms with Crippen LogP contribution in [0.15, 0.2) is 79.0 Å². The van der Waals surface area contributed by atoms with Gasteiger partial charge in [0.1, 0.15) is 16.6 Å². The topological polar surface area (TPSA) is 63.2 Å². The zero-order valence-electron chi connectivity index (χ0n) is 18.3. The molecular weight excluding hydrogens is 418 g/mol. The number of amides is 1. The van der Waals surface area contributed by atoms with Gasteiger partial charge in [-0.15, -0.1) is 11.3 Å². The molecule has 4 aromatic rings. The first-order valence-corrected chi connectivity index (χ1v) is 11.1. The van der Waals surface area contributed by atoms with E-state index in [0.29, 0.717) is 5.56 Å². The average molecular weight is 444 g/mol. The van der Waals surface area contributed by atoms with Crippen LogP contribution in [0.2, 0.25) is 0 Å². The predicted molar refractivity (Wildman–Crippen MR) is 131 cm³/mol. The summed E-state index contributed by atoms with van der Waals surface area (Å²) in [5.74, 6) is 1.44. The lowest BCUT2D eigenvalue weighted by molar-refractivity contribution is 0.102. The van der Waals surface area contributed by atoms with Crippen LogP contribution in [0.25, 0.3) is 0 Å². The van der Waals surface area contributed by atoms with E-state index < -0.39 is 0 Å². The molecule has 162 valence electrons. The van der Waals surface area contributed by atoms with Gasteiger partial charge in [-0.2, -0.15) is 0 Å². The Hall–Kier alpha value is -3.64. The molecule has 1 unspecified atom stereocenters. The van der Waals surface area contributed by atoms with Crippen LogP contribution in [0.1, 0.15) is 38.0 Å². The van der Waals surface area contributed by atoms with E-state index in [0.717, 1.165) is 38.1 Å². The molecule has 1 amide bonds. The molecule has 2 aromatic heterocycles. The second-order valence-corrected chi connectivity index (χ2v) is 8.79. The van der Waals surface area contributed by atoms with E-state index >= 15 is 0 Å². The summed E-state index contributed by atoms with van der Waals surface area (Å²) in [7, 11) is 1.65. The van der Waals surface area contributed by atoms with Crippen LogP contribution < -0.4 is 15.4 Å². The van der Waals surface area contributed by atoms with Crippen molar-refractivity contribution >= 4 is 28.1 Å². The van der Waals surface area contributed by atoms with E-state index in [1.807, 2.05) is 80.6 Å². The number of pyridine rings is 1. The molecule has 4 rings (SSSR count). The molecule has 0 fully saturated rings. The Morgan fingerprint density at radius 2 is 1.75 bits per heavy atom. The van der Waals surface area contributed by atoms with Gasteiger partial charge in [0.15, 0.2) is 0 Å². The molecule has 0 spiro atoms. The Bertz CT molecular complexity index is 1200. The molecule has 0 bridgehead atoms. The maximum absolute atomic E-state index is 12.9. The fourth-order valence-electron chi connectivity index (χ4n) is 3.51. The molecule has 2 N–H and O–H groups in total. The standard InChI is InChI=1S/C26H25N3O2S/c1-17-13-14-27-23(15-17)28-24(19-9-11-21(31-3)12-10-19)22-16-18(2)32-26(22)29-25(30)20-7-5-4-6-8-20/h4-16,24H,1-3H3,(H,27,28)(H,29,30). The molecule has 32 heavy (non-hydrogen) atoms. The van der Waals surface area contributed by atoms with Gasteiger partial charge in [-0.25, -0.2) is 4.98 Å². The number of benzene rings is 2. The Kier molecular flexibility index (Phi) is 6.52. The number of rotatable bonds is 7. The molecule has 0 saturated carbocycles. The van der Waals surface area contributed by atoms with Crippen LogP contribution in [-0.4, -0.2) is 18.0 Å². The van der Waals surface area contributed by atoms with Crippen LogP contribution in [0.4, 0.5) is 10.8 Å². The van der Waals surface area contributed by atoms with Gasteiger partial charge in [0, 0.05) is 22.2 Å². The molecule has 0 aliphatic rings. The third-order valence-electron chi connectivity index (χ3n) is 5.11. The van der Waals surface area contributed by atoms with E-state index in [-0.39, 0.29) is 11.9 Å². The Morgan fingerprint density at radius 3 is 2.44 bits per heavy atom. The summed E-state index contributed by atoms with van der Waals surface area (Å²) in [5, 5.41) is 7.49. The van der Waals surface area contributed by atoms with Gasteiger partial charge in [-0.05, 0) is 67.4 Å². The number of thiophene rings is 1. The molecule has 0 aliphatic carbocycles. The largest absolute Gasteiger partial charge is 0.497 e. The molecule has 5 nitrogen and oxygen atoms in total. The zero-order valence-corrected chi connectivity index (χ0v) is 19.1. The molecule has 6 heteroatoms. The van der Waals surface area contributed by atoms with Gasteiger partial charge in [0.05, 0.1) is 13.2 Å². The summed E-state index contributed by atoms with van der Waals surface area (Å²) in [5.41, 5.74) is 3.78. The number of carbonyl (C=O) groups excluding carboxylic acids is 1.